The lowest BCUT2D eigenvalue weighted by molar-refractivity contribution is -0.117. The Morgan fingerprint density at radius 2 is 2.13 bits per heavy atom. The normalized spacial score (nSPS) is 14.7. The summed E-state index contributed by atoms with van der Waals surface area (Å²) in [6.45, 7) is 3.97. The van der Waals surface area contributed by atoms with Crippen LogP contribution in [0.4, 0.5) is 5.82 Å². The molecule has 0 spiro atoms. The van der Waals surface area contributed by atoms with Gasteiger partial charge in [0.2, 0.25) is 5.91 Å². The summed E-state index contributed by atoms with van der Waals surface area (Å²) in [6.07, 6.45) is 1.37. The summed E-state index contributed by atoms with van der Waals surface area (Å²) in [7, 11) is 0. The molecule has 23 heavy (non-hydrogen) atoms. The van der Waals surface area contributed by atoms with Crippen LogP contribution in [-0.4, -0.2) is 58.0 Å². The highest BCUT2D eigenvalue weighted by Gasteiger charge is 2.22. The second-order valence-corrected chi connectivity index (χ2v) is 5.17. The van der Waals surface area contributed by atoms with Crippen molar-refractivity contribution >= 4 is 17.6 Å². The molecule has 0 bridgehead atoms. The van der Waals surface area contributed by atoms with Crippen molar-refractivity contribution in [1.82, 2.24) is 19.8 Å². The molecule has 3 rings (SSSR count). The van der Waals surface area contributed by atoms with Gasteiger partial charge in [-0.05, 0) is 13.0 Å². The predicted molar refractivity (Wildman–Crippen MR) is 78.8 cm³/mol. The largest absolute Gasteiger partial charge is 0.378 e. The van der Waals surface area contributed by atoms with Crippen LogP contribution in [0, 0.1) is 6.92 Å². The van der Waals surface area contributed by atoms with Crippen molar-refractivity contribution in [2.24, 2.45) is 0 Å². The van der Waals surface area contributed by atoms with E-state index < -0.39 is 0 Å². The summed E-state index contributed by atoms with van der Waals surface area (Å²) in [5, 5.41) is 10.4. The average Bonchev–Trinajstić information content (AvgIpc) is 3.18. The molecule has 2 aromatic rings. The van der Waals surface area contributed by atoms with E-state index in [4.69, 9.17) is 4.74 Å². The molecule has 0 unspecified atom stereocenters. The van der Waals surface area contributed by atoms with Gasteiger partial charge < -0.3 is 19.5 Å². The van der Waals surface area contributed by atoms with Crippen molar-refractivity contribution in [1.29, 1.82) is 0 Å². The maximum atomic E-state index is 12.4. The molecule has 9 heteroatoms. The maximum Gasteiger partial charge on any atom is 0.274 e. The smallest absolute Gasteiger partial charge is 0.274 e. The Bertz CT molecular complexity index is 688. The van der Waals surface area contributed by atoms with Crippen LogP contribution < -0.4 is 5.32 Å². The van der Waals surface area contributed by atoms with E-state index in [-0.39, 0.29) is 18.4 Å². The fourth-order valence-electron chi connectivity index (χ4n) is 2.30. The second-order valence-electron chi connectivity index (χ2n) is 5.17. The van der Waals surface area contributed by atoms with Crippen LogP contribution in [0.15, 0.2) is 22.9 Å². The zero-order chi connectivity index (χ0) is 16.2. The van der Waals surface area contributed by atoms with E-state index in [0.717, 1.165) is 5.69 Å². The molecule has 0 radical (unpaired) electrons. The van der Waals surface area contributed by atoms with Crippen molar-refractivity contribution in [2.45, 2.75) is 13.5 Å². The molecule has 0 saturated carbocycles. The van der Waals surface area contributed by atoms with Crippen LogP contribution in [0.2, 0.25) is 0 Å². The fourth-order valence-corrected chi connectivity index (χ4v) is 2.30. The summed E-state index contributed by atoms with van der Waals surface area (Å²) < 4.78 is 11.4. The van der Waals surface area contributed by atoms with E-state index in [1.807, 2.05) is 0 Å². The molecule has 0 aromatic carbocycles. The van der Waals surface area contributed by atoms with Crippen molar-refractivity contribution in [2.75, 3.05) is 31.6 Å². The van der Waals surface area contributed by atoms with Gasteiger partial charge in [-0.25, -0.2) is 0 Å². The first-order valence-electron chi connectivity index (χ1n) is 7.25. The van der Waals surface area contributed by atoms with Crippen LogP contribution in [-0.2, 0) is 16.1 Å². The lowest BCUT2D eigenvalue weighted by Gasteiger charge is -2.25. The SMILES string of the molecule is Cc1cc(C(=O)N2CCOCC2)nn1CC(=O)Nc1ccon1. The van der Waals surface area contributed by atoms with Gasteiger partial charge in [-0.2, -0.15) is 5.10 Å². The first kappa shape index (κ1) is 15.2. The lowest BCUT2D eigenvalue weighted by atomic mass is 10.3. The number of carbonyl (C=O) groups is 2. The molecule has 1 saturated heterocycles. The zero-order valence-electron chi connectivity index (χ0n) is 12.7. The number of aromatic nitrogens is 3. The summed E-state index contributed by atoms with van der Waals surface area (Å²) in [5.41, 5.74) is 1.07. The van der Waals surface area contributed by atoms with Crippen molar-refractivity contribution in [3.8, 4) is 0 Å². The van der Waals surface area contributed by atoms with Gasteiger partial charge in [-0.3, -0.25) is 14.3 Å². The van der Waals surface area contributed by atoms with Crippen LogP contribution >= 0.6 is 0 Å². The predicted octanol–water partition coefficient (Wildman–Crippen LogP) is 0.291. The minimum Gasteiger partial charge on any atom is -0.378 e. The third kappa shape index (κ3) is 3.57. The highest BCUT2D eigenvalue weighted by Crippen LogP contribution is 2.09. The minimum atomic E-state index is -0.296. The van der Waals surface area contributed by atoms with Gasteiger partial charge in [0, 0.05) is 24.8 Å². The van der Waals surface area contributed by atoms with Crippen molar-refractivity contribution in [3.05, 3.63) is 29.8 Å². The quantitative estimate of drug-likeness (QED) is 0.869. The van der Waals surface area contributed by atoms with E-state index >= 15 is 0 Å². The fraction of sp³-hybridized carbons (Fsp3) is 0.429. The van der Waals surface area contributed by atoms with E-state index in [0.29, 0.717) is 37.8 Å². The van der Waals surface area contributed by atoms with Gasteiger partial charge in [0.1, 0.15) is 12.8 Å². The number of nitrogens with one attached hydrogen (secondary N) is 1. The molecule has 1 aliphatic heterocycles. The minimum absolute atomic E-state index is 0.00488. The Kier molecular flexibility index (Phi) is 4.38. The number of hydrogen-bond donors (Lipinski definition) is 1. The van der Waals surface area contributed by atoms with Gasteiger partial charge in [-0.1, -0.05) is 5.16 Å². The molecule has 0 aliphatic carbocycles. The Balaban J connectivity index is 1.65. The number of rotatable bonds is 4. The monoisotopic (exact) mass is 319 g/mol. The molecular weight excluding hydrogens is 302 g/mol. The van der Waals surface area contributed by atoms with Crippen molar-refractivity contribution < 1.29 is 18.8 Å². The van der Waals surface area contributed by atoms with Crippen LogP contribution in [0.1, 0.15) is 16.2 Å². The van der Waals surface area contributed by atoms with Gasteiger partial charge in [-0.15, -0.1) is 0 Å². The van der Waals surface area contributed by atoms with E-state index in [9.17, 15) is 9.59 Å². The number of carbonyl (C=O) groups excluding carboxylic acids is 2. The van der Waals surface area contributed by atoms with Crippen LogP contribution in [0.3, 0.4) is 0 Å². The standard InChI is InChI=1S/C14H17N5O4/c1-10-8-11(14(21)18-3-6-22-7-4-18)16-19(10)9-13(20)15-12-2-5-23-17-12/h2,5,8H,3-4,6-7,9H2,1H3,(H,15,17,20). The molecule has 1 N–H and O–H groups in total. The summed E-state index contributed by atoms with van der Waals surface area (Å²) in [5.74, 6) is -0.105. The third-order valence-corrected chi connectivity index (χ3v) is 3.50. The van der Waals surface area contributed by atoms with Crippen molar-refractivity contribution in [3.63, 3.8) is 0 Å². The van der Waals surface area contributed by atoms with Crippen LogP contribution in [0.25, 0.3) is 0 Å². The highest BCUT2D eigenvalue weighted by atomic mass is 16.5. The average molecular weight is 319 g/mol. The van der Waals surface area contributed by atoms with E-state index in [1.165, 1.54) is 10.9 Å². The molecule has 2 aromatic heterocycles. The Hall–Kier alpha value is -2.68. The number of hydrogen-bond acceptors (Lipinski definition) is 6. The molecule has 1 fully saturated rings. The molecule has 1 aliphatic rings. The van der Waals surface area contributed by atoms with Gasteiger partial charge in [0.15, 0.2) is 11.5 Å². The Morgan fingerprint density at radius 1 is 1.35 bits per heavy atom. The number of amides is 2. The number of anilines is 1. The first-order valence-corrected chi connectivity index (χ1v) is 7.25. The second kappa shape index (κ2) is 6.61. The topological polar surface area (TPSA) is 102 Å². The van der Waals surface area contributed by atoms with Gasteiger partial charge in [0.25, 0.3) is 5.91 Å². The van der Waals surface area contributed by atoms with E-state index in [1.54, 1.807) is 24.0 Å². The molecule has 122 valence electrons. The highest BCUT2D eigenvalue weighted by molar-refractivity contribution is 5.93. The number of aryl methyl sites for hydroxylation is 1. The molecule has 9 nitrogen and oxygen atoms in total. The number of ether oxygens (including phenoxy) is 1. The Labute approximate surface area is 132 Å². The summed E-state index contributed by atoms with van der Waals surface area (Å²) in [4.78, 5) is 26.0. The number of nitrogens with zero attached hydrogens (tertiary/aromatic N) is 4. The van der Waals surface area contributed by atoms with Crippen LogP contribution in [0.5, 0.6) is 0 Å². The molecule has 2 amide bonds. The van der Waals surface area contributed by atoms with Gasteiger partial charge >= 0.3 is 0 Å². The summed E-state index contributed by atoms with van der Waals surface area (Å²) >= 11 is 0. The first-order chi connectivity index (χ1) is 11.1. The Morgan fingerprint density at radius 3 is 2.83 bits per heavy atom. The summed E-state index contributed by atoms with van der Waals surface area (Å²) in [6, 6.07) is 3.22. The number of morpholine rings is 1. The molecular formula is C14H17N5O4. The lowest BCUT2D eigenvalue weighted by Crippen LogP contribution is -2.40. The van der Waals surface area contributed by atoms with Gasteiger partial charge in [0.05, 0.1) is 13.2 Å². The maximum absolute atomic E-state index is 12.4. The molecule has 0 atom stereocenters. The third-order valence-electron chi connectivity index (χ3n) is 3.50. The molecule has 3 heterocycles. The zero-order valence-corrected chi connectivity index (χ0v) is 12.7. The van der Waals surface area contributed by atoms with E-state index in [2.05, 4.69) is 20.1 Å².